The topological polar surface area (TPSA) is 75.2 Å². The van der Waals surface area contributed by atoms with Gasteiger partial charge in [0, 0.05) is 11.4 Å². The molecule has 0 unspecified atom stereocenters. The number of H-pyrrole nitrogens is 1. The lowest BCUT2D eigenvalue weighted by molar-refractivity contribution is 0.434. The number of para-hydroxylation sites is 1. The van der Waals surface area contributed by atoms with Crippen LogP contribution in [0.2, 0.25) is 5.02 Å². The smallest absolute Gasteiger partial charge is 0.258 e. The van der Waals surface area contributed by atoms with Crippen molar-refractivity contribution in [2.24, 2.45) is 0 Å². The fourth-order valence-electron chi connectivity index (χ4n) is 2.83. The zero-order valence-electron chi connectivity index (χ0n) is 12.8. The summed E-state index contributed by atoms with van der Waals surface area (Å²) in [4.78, 5) is 19.5. The number of aromatic hydroxyl groups is 1. The van der Waals surface area contributed by atoms with E-state index in [1.54, 1.807) is 12.1 Å². The molecule has 0 atom stereocenters. The number of benzene rings is 2. The molecule has 120 valence electrons. The standard InChI is InChI=1S/C18H13ClN2O3/c1-9-3-2-4-10-7-13-17(23)20-16(21-18(13)24-15(9)10)12-8-11(19)5-6-14(12)22/h2-6,8,22H,7H2,1H3,(H,20,21,23). The first kappa shape index (κ1) is 14.8. The minimum Gasteiger partial charge on any atom is -0.507 e. The van der Waals surface area contributed by atoms with Gasteiger partial charge in [-0.05, 0) is 36.2 Å². The van der Waals surface area contributed by atoms with Crippen LogP contribution >= 0.6 is 11.6 Å². The van der Waals surface area contributed by atoms with E-state index >= 15 is 0 Å². The van der Waals surface area contributed by atoms with Gasteiger partial charge in [-0.3, -0.25) is 4.79 Å². The summed E-state index contributed by atoms with van der Waals surface area (Å²) in [5.41, 5.74) is 2.46. The maximum absolute atomic E-state index is 12.5. The molecule has 1 aliphatic heterocycles. The monoisotopic (exact) mass is 340 g/mol. The Morgan fingerprint density at radius 2 is 2.12 bits per heavy atom. The second-order valence-electron chi connectivity index (χ2n) is 5.70. The maximum Gasteiger partial charge on any atom is 0.258 e. The van der Waals surface area contributed by atoms with Gasteiger partial charge in [-0.25, -0.2) is 0 Å². The molecule has 3 aromatic rings. The number of phenols is 1. The van der Waals surface area contributed by atoms with E-state index < -0.39 is 0 Å². The lowest BCUT2D eigenvalue weighted by atomic mass is 10.0. The maximum atomic E-state index is 12.5. The SMILES string of the molecule is Cc1cccc2c1Oc1nc(-c3cc(Cl)ccc3O)[nH]c(=O)c1C2. The molecule has 0 aliphatic carbocycles. The highest BCUT2D eigenvalue weighted by Crippen LogP contribution is 2.37. The summed E-state index contributed by atoms with van der Waals surface area (Å²) in [5, 5.41) is 10.5. The second kappa shape index (κ2) is 5.39. The largest absolute Gasteiger partial charge is 0.507 e. The molecule has 1 aliphatic rings. The Balaban J connectivity index is 1.88. The predicted octanol–water partition coefficient (Wildman–Crippen LogP) is 3.80. The number of phenolic OH excluding ortho intramolecular Hbond substituents is 1. The molecule has 1 aromatic heterocycles. The van der Waals surface area contributed by atoms with E-state index in [-0.39, 0.29) is 23.0 Å². The summed E-state index contributed by atoms with van der Waals surface area (Å²) in [6.45, 7) is 1.95. The van der Waals surface area contributed by atoms with E-state index in [4.69, 9.17) is 16.3 Å². The molecule has 4 rings (SSSR count). The number of fused-ring (bicyclic) bond motifs is 2. The van der Waals surface area contributed by atoms with Crippen LogP contribution in [-0.2, 0) is 6.42 Å². The van der Waals surface area contributed by atoms with Gasteiger partial charge in [-0.15, -0.1) is 0 Å². The summed E-state index contributed by atoms with van der Waals surface area (Å²) in [5.74, 6) is 1.19. The van der Waals surface area contributed by atoms with Crippen molar-refractivity contribution in [3.05, 3.63) is 68.5 Å². The number of hydrogen-bond donors (Lipinski definition) is 2. The Morgan fingerprint density at radius 3 is 2.96 bits per heavy atom. The normalized spacial score (nSPS) is 12.2. The number of aromatic nitrogens is 2. The fraction of sp³-hybridized carbons (Fsp3) is 0.111. The summed E-state index contributed by atoms with van der Waals surface area (Å²) >= 11 is 5.98. The first-order valence-corrected chi connectivity index (χ1v) is 7.79. The molecule has 0 radical (unpaired) electrons. The average molecular weight is 341 g/mol. The van der Waals surface area contributed by atoms with Gasteiger partial charge in [0.15, 0.2) is 0 Å². The van der Waals surface area contributed by atoms with Crippen LogP contribution in [0.15, 0.2) is 41.2 Å². The molecule has 2 heterocycles. The third-order valence-electron chi connectivity index (χ3n) is 4.05. The first-order valence-electron chi connectivity index (χ1n) is 7.41. The number of nitrogens with zero attached hydrogens (tertiary/aromatic N) is 1. The van der Waals surface area contributed by atoms with Gasteiger partial charge >= 0.3 is 0 Å². The van der Waals surface area contributed by atoms with Crippen LogP contribution in [0.25, 0.3) is 11.4 Å². The van der Waals surface area contributed by atoms with Crippen molar-refractivity contribution in [1.82, 2.24) is 9.97 Å². The van der Waals surface area contributed by atoms with Gasteiger partial charge in [0.1, 0.15) is 17.3 Å². The molecule has 0 saturated heterocycles. The van der Waals surface area contributed by atoms with E-state index in [1.165, 1.54) is 6.07 Å². The van der Waals surface area contributed by atoms with Gasteiger partial charge in [-0.2, -0.15) is 4.98 Å². The molecular weight excluding hydrogens is 328 g/mol. The van der Waals surface area contributed by atoms with Crippen LogP contribution in [0.5, 0.6) is 17.4 Å². The van der Waals surface area contributed by atoms with E-state index in [0.29, 0.717) is 22.6 Å². The zero-order chi connectivity index (χ0) is 16.8. The number of ether oxygens (including phenoxy) is 1. The number of aromatic amines is 1. The number of aryl methyl sites for hydroxylation is 1. The minimum absolute atomic E-state index is 0.0186. The summed E-state index contributed by atoms with van der Waals surface area (Å²) in [7, 11) is 0. The predicted molar refractivity (Wildman–Crippen MR) is 91.0 cm³/mol. The molecule has 24 heavy (non-hydrogen) atoms. The molecule has 2 aromatic carbocycles. The van der Waals surface area contributed by atoms with Crippen molar-refractivity contribution in [2.75, 3.05) is 0 Å². The summed E-state index contributed by atoms with van der Waals surface area (Å²) in [6.07, 6.45) is 0.455. The molecule has 5 nitrogen and oxygen atoms in total. The van der Waals surface area contributed by atoms with Crippen LogP contribution in [-0.4, -0.2) is 15.1 Å². The number of nitrogens with one attached hydrogen (secondary N) is 1. The fourth-order valence-corrected chi connectivity index (χ4v) is 3.00. The summed E-state index contributed by atoms with van der Waals surface area (Å²) in [6, 6.07) is 10.4. The van der Waals surface area contributed by atoms with Gasteiger partial charge < -0.3 is 14.8 Å². The van der Waals surface area contributed by atoms with Gasteiger partial charge in [0.05, 0.1) is 11.1 Å². The van der Waals surface area contributed by atoms with Crippen LogP contribution in [0.1, 0.15) is 16.7 Å². The van der Waals surface area contributed by atoms with Crippen molar-refractivity contribution in [3.8, 4) is 28.8 Å². The van der Waals surface area contributed by atoms with Crippen LogP contribution < -0.4 is 10.3 Å². The van der Waals surface area contributed by atoms with Crippen molar-refractivity contribution in [2.45, 2.75) is 13.3 Å². The number of halogens is 1. The molecule has 0 spiro atoms. The lowest BCUT2D eigenvalue weighted by Crippen LogP contribution is -2.20. The van der Waals surface area contributed by atoms with Crippen LogP contribution in [0, 0.1) is 6.92 Å². The van der Waals surface area contributed by atoms with Crippen molar-refractivity contribution >= 4 is 11.6 Å². The minimum atomic E-state index is -0.290. The van der Waals surface area contributed by atoms with Gasteiger partial charge in [-0.1, -0.05) is 29.8 Å². The summed E-state index contributed by atoms with van der Waals surface area (Å²) < 4.78 is 5.88. The molecule has 0 fully saturated rings. The van der Waals surface area contributed by atoms with Gasteiger partial charge in [0.2, 0.25) is 5.88 Å². The van der Waals surface area contributed by atoms with E-state index in [9.17, 15) is 9.90 Å². The van der Waals surface area contributed by atoms with Crippen molar-refractivity contribution in [1.29, 1.82) is 0 Å². The first-order chi connectivity index (χ1) is 11.5. The zero-order valence-corrected chi connectivity index (χ0v) is 13.5. The highest BCUT2D eigenvalue weighted by Gasteiger charge is 2.24. The second-order valence-corrected chi connectivity index (χ2v) is 6.14. The van der Waals surface area contributed by atoms with Crippen molar-refractivity contribution in [3.63, 3.8) is 0 Å². The highest BCUT2D eigenvalue weighted by atomic mass is 35.5. The van der Waals surface area contributed by atoms with Gasteiger partial charge in [0.25, 0.3) is 5.56 Å². The highest BCUT2D eigenvalue weighted by molar-refractivity contribution is 6.30. The Labute approximate surface area is 142 Å². The van der Waals surface area contributed by atoms with Crippen LogP contribution in [0.3, 0.4) is 0 Å². The third-order valence-corrected chi connectivity index (χ3v) is 4.29. The molecule has 0 bridgehead atoms. The molecule has 0 amide bonds. The molecule has 2 N–H and O–H groups in total. The van der Waals surface area contributed by atoms with Crippen LogP contribution in [0.4, 0.5) is 0 Å². The lowest BCUT2D eigenvalue weighted by Gasteiger charge is -2.20. The Bertz CT molecular complexity index is 1030. The Hall–Kier alpha value is -2.79. The molecule has 6 heteroatoms. The van der Waals surface area contributed by atoms with E-state index in [1.807, 2.05) is 25.1 Å². The molecule has 0 saturated carbocycles. The van der Waals surface area contributed by atoms with Crippen molar-refractivity contribution < 1.29 is 9.84 Å². The quantitative estimate of drug-likeness (QED) is 0.552. The Kier molecular flexibility index (Phi) is 3.32. The number of hydrogen-bond acceptors (Lipinski definition) is 4. The number of rotatable bonds is 1. The Morgan fingerprint density at radius 1 is 1.29 bits per heavy atom. The third kappa shape index (κ3) is 2.34. The average Bonchev–Trinajstić information content (AvgIpc) is 2.56. The molecular formula is C18H13ClN2O3. The van der Waals surface area contributed by atoms with E-state index in [0.717, 1.165) is 16.9 Å². The van der Waals surface area contributed by atoms with E-state index in [2.05, 4.69) is 9.97 Å².